The highest BCUT2D eigenvalue weighted by atomic mass is 35.5. The zero-order valence-electron chi connectivity index (χ0n) is 21.8. The van der Waals surface area contributed by atoms with E-state index in [0.717, 1.165) is 54.5 Å². The maximum absolute atomic E-state index is 11.7. The molecule has 3 heterocycles. The van der Waals surface area contributed by atoms with Crippen LogP contribution in [0.1, 0.15) is 65.2 Å². The largest absolute Gasteiger partial charge is 0.496 e. The molecule has 0 radical (unpaired) electrons. The maximum atomic E-state index is 11.7. The number of thioether (sulfide) groups is 1. The van der Waals surface area contributed by atoms with Gasteiger partial charge >= 0.3 is 0 Å². The van der Waals surface area contributed by atoms with Crippen molar-refractivity contribution in [3.8, 4) is 0 Å². The molecule has 2 aromatic rings. The third-order valence-electron chi connectivity index (χ3n) is 7.32. The van der Waals surface area contributed by atoms with Gasteiger partial charge in [0.1, 0.15) is 5.76 Å². The molecular formula is C29H40ClN3O2S. The number of fused-ring (bicyclic) bond motifs is 1. The van der Waals surface area contributed by atoms with Gasteiger partial charge in [0, 0.05) is 47.5 Å². The van der Waals surface area contributed by atoms with Gasteiger partial charge in [-0.05, 0) is 70.5 Å². The monoisotopic (exact) mass is 529 g/mol. The van der Waals surface area contributed by atoms with Crippen molar-refractivity contribution in [2.45, 2.75) is 70.5 Å². The van der Waals surface area contributed by atoms with E-state index in [9.17, 15) is 4.79 Å². The molecule has 0 aliphatic carbocycles. The van der Waals surface area contributed by atoms with Crippen LogP contribution in [0.3, 0.4) is 0 Å². The predicted molar refractivity (Wildman–Crippen MR) is 153 cm³/mol. The summed E-state index contributed by atoms with van der Waals surface area (Å²) in [5, 5.41) is 2.28. The highest BCUT2D eigenvalue weighted by molar-refractivity contribution is 8.15. The van der Waals surface area contributed by atoms with E-state index in [1.807, 2.05) is 25.3 Å². The summed E-state index contributed by atoms with van der Waals surface area (Å²) < 4.78 is 5.90. The Balaban J connectivity index is 1.07. The van der Waals surface area contributed by atoms with Gasteiger partial charge in [-0.25, -0.2) is 0 Å². The van der Waals surface area contributed by atoms with Crippen LogP contribution in [0, 0.1) is 0 Å². The zero-order chi connectivity index (χ0) is 25.3. The fourth-order valence-electron chi connectivity index (χ4n) is 5.25. The first-order valence-corrected chi connectivity index (χ1v) is 14.8. The van der Waals surface area contributed by atoms with E-state index in [1.165, 1.54) is 80.9 Å². The number of benzene rings is 1. The van der Waals surface area contributed by atoms with Crippen LogP contribution in [-0.4, -0.2) is 59.6 Å². The number of ether oxygens (including phenoxy) is 1. The van der Waals surface area contributed by atoms with E-state index in [0.29, 0.717) is 0 Å². The number of pyridine rings is 1. The van der Waals surface area contributed by atoms with Gasteiger partial charge in [-0.3, -0.25) is 9.78 Å². The molecule has 7 heteroatoms. The molecule has 196 valence electrons. The second kappa shape index (κ2) is 13.7. The summed E-state index contributed by atoms with van der Waals surface area (Å²) in [5.41, 5.74) is 3.06. The van der Waals surface area contributed by atoms with E-state index in [2.05, 4.69) is 33.8 Å². The molecule has 36 heavy (non-hydrogen) atoms. The van der Waals surface area contributed by atoms with Crippen LogP contribution in [0.15, 0.2) is 41.8 Å². The van der Waals surface area contributed by atoms with E-state index in [-0.39, 0.29) is 10.4 Å². The van der Waals surface area contributed by atoms with Crippen LogP contribution >= 0.6 is 23.4 Å². The number of unbranched alkanes of at least 4 members (excludes halogenated alkanes) is 6. The van der Waals surface area contributed by atoms with E-state index in [1.54, 1.807) is 0 Å². The minimum absolute atomic E-state index is 0.170. The Morgan fingerprint density at radius 1 is 1.03 bits per heavy atom. The molecule has 1 atom stereocenters. The molecule has 1 aromatic carbocycles. The van der Waals surface area contributed by atoms with Crippen molar-refractivity contribution in [1.82, 2.24) is 9.88 Å². The normalized spacial score (nSPS) is 19.4. The summed E-state index contributed by atoms with van der Waals surface area (Å²) in [7, 11) is 0. The third-order valence-corrected chi connectivity index (χ3v) is 8.64. The summed E-state index contributed by atoms with van der Waals surface area (Å²) in [6.45, 7) is 10.3. The number of hydrogen-bond donors (Lipinski definition) is 0. The number of carbonyl (C=O) groups is 1. The number of rotatable bonds is 12. The fourth-order valence-corrected chi connectivity index (χ4v) is 6.37. The van der Waals surface area contributed by atoms with Crippen LogP contribution in [0.25, 0.3) is 10.9 Å². The Bertz CT molecular complexity index is 1060. The topological polar surface area (TPSA) is 45.7 Å². The van der Waals surface area contributed by atoms with Gasteiger partial charge in [0.25, 0.3) is 0 Å². The zero-order valence-corrected chi connectivity index (χ0v) is 23.4. The van der Waals surface area contributed by atoms with Crippen LogP contribution in [0.5, 0.6) is 0 Å². The fraction of sp³-hybridized carbons (Fsp3) is 0.586. The molecule has 1 aromatic heterocycles. The molecule has 0 spiro atoms. The third kappa shape index (κ3) is 7.39. The van der Waals surface area contributed by atoms with E-state index >= 15 is 0 Å². The summed E-state index contributed by atoms with van der Waals surface area (Å²) >= 11 is 7.55. The molecule has 0 saturated carbocycles. The van der Waals surface area contributed by atoms with Gasteiger partial charge in [0.15, 0.2) is 0 Å². The molecular weight excluding hydrogens is 490 g/mol. The van der Waals surface area contributed by atoms with Crippen LogP contribution in [0.4, 0.5) is 5.69 Å². The van der Waals surface area contributed by atoms with E-state index < -0.39 is 0 Å². The number of carbonyl (C=O) groups excluding carboxylic acids is 1. The lowest BCUT2D eigenvalue weighted by molar-refractivity contribution is -0.107. The number of hydrogen-bond acceptors (Lipinski definition) is 6. The Labute approximate surface area is 225 Å². The Kier molecular flexibility index (Phi) is 10.4. The summed E-state index contributed by atoms with van der Waals surface area (Å²) in [6, 6.07) is 8.17. The van der Waals surface area contributed by atoms with Crippen molar-refractivity contribution in [1.29, 1.82) is 0 Å². The van der Waals surface area contributed by atoms with Gasteiger partial charge in [0.05, 0.1) is 17.4 Å². The maximum Gasteiger partial charge on any atom is 0.219 e. The SMILES string of the molecule is CC1=C(OCCCCCCCCCN2CCCN(c3ccnc4cc(Cl)ccc34)CC2)C(C)SC1=O. The first-order valence-electron chi connectivity index (χ1n) is 13.6. The smallest absolute Gasteiger partial charge is 0.219 e. The molecule has 1 saturated heterocycles. The summed E-state index contributed by atoms with van der Waals surface area (Å²) in [6.07, 6.45) is 11.9. The minimum Gasteiger partial charge on any atom is -0.496 e. The predicted octanol–water partition coefficient (Wildman–Crippen LogP) is 7.08. The Hall–Kier alpha value is -1.76. The second-order valence-electron chi connectivity index (χ2n) is 10.0. The first kappa shape index (κ1) is 27.3. The Morgan fingerprint density at radius 2 is 1.81 bits per heavy atom. The lowest BCUT2D eigenvalue weighted by Crippen LogP contribution is -2.31. The average molecular weight is 530 g/mol. The molecule has 1 unspecified atom stereocenters. The number of halogens is 1. The van der Waals surface area contributed by atoms with Gasteiger partial charge in [-0.2, -0.15) is 0 Å². The molecule has 0 amide bonds. The van der Waals surface area contributed by atoms with Crippen molar-refractivity contribution in [3.63, 3.8) is 0 Å². The standard InChI is InChI=1S/C29H40ClN3O2S/c1-22-28(23(2)36-29(22)34)35-20-9-7-5-3-4-6-8-15-32-16-10-17-33(19-18-32)27-13-14-31-26-21-24(30)11-12-25(26)27/h11-14,21,23H,3-10,15-20H2,1-2H3. The van der Waals surface area contributed by atoms with Crippen molar-refractivity contribution in [2.75, 3.05) is 44.2 Å². The molecule has 1 fully saturated rings. The lowest BCUT2D eigenvalue weighted by atomic mass is 10.1. The van der Waals surface area contributed by atoms with Gasteiger partial charge < -0.3 is 14.5 Å². The summed E-state index contributed by atoms with van der Waals surface area (Å²) in [5.74, 6) is 0.903. The highest BCUT2D eigenvalue weighted by Gasteiger charge is 2.28. The molecule has 2 aliphatic heterocycles. The Morgan fingerprint density at radius 3 is 2.58 bits per heavy atom. The molecule has 5 nitrogen and oxygen atoms in total. The average Bonchev–Trinajstić information content (AvgIpc) is 3.02. The minimum atomic E-state index is 0.170. The van der Waals surface area contributed by atoms with Crippen LogP contribution in [-0.2, 0) is 9.53 Å². The van der Waals surface area contributed by atoms with Crippen molar-refractivity contribution < 1.29 is 9.53 Å². The molecule has 0 bridgehead atoms. The van der Waals surface area contributed by atoms with Crippen molar-refractivity contribution in [3.05, 3.63) is 46.8 Å². The van der Waals surface area contributed by atoms with Gasteiger partial charge in [-0.15, -0.1) is 0 Å². The number of nitrogens with zero attached hydrogens (tertiary/aromatic N) is 3. The number of anilines is 1. The quantitative estimate of drug-likeness (QED) is 0.274. The van der Waals surface area contributed by atoms with Gasteiger partial charge in [0.2, 0.25) is 5.12 Å². The van der Waals surface area contributed by atoms with E-state index in [4.69, 9.17) is 16.3 Å². The second-order valence-corrected chi connectivity index (χ2v) is 11.8. The van der Waals surface area contributed by atoms with Crippen LogP contribution < -0.4 is 4.90 Å². The lowest BCUT2D eigenvalue weighted by Gasteiger charge is -2.25. The number of aromatic nitrogens is 1. The van der Waals surface area contributed by atoms with Crippen molar-refractivity contribution in [2.24, 2.45) is 0 Å². The van der Waals surface area contributed by atoms with Crippen LogP contribution in [0.2, 0.25) is 5.02 Å². The first-order chi connectivity index (χ1) is 17.5. The highest BCUT2D eigenvalue weighted by Crippen LogP contribution is 2.34. The van der Waals surface area contributed by atoms with Crippen molar-refractivity contribution >= 4 is 45.1 Å². The molecule has 0 N–H and O–H groups in total. The molecule has 2 aliphatic rings. The summed E-state index contributed by atoms with van der Waals surface area (Å²) in [4.78, 5) is 21.4. The van der Waals surface area contributed by atoms with Gasteiger partial charge in [-0.1, -0.05) is 55.5 Å². The molecule has 4 rings (SSSR count).